The Kier molecular flexibility index (Phi) is 3.76. The lowest BCUT2D eigenvalue weighted by molar-refractivity contribution is 0.354. The maximum absolute atomic E-state index is 4.72. The van der Waals surface area contributed by atoms with E-state index in [4.69, 9.17) is 4.98 Å². The highest BCUT2D eigenvalue weighted by Gasteiger charge is 2.13. The van der Waals surface area contributed by atoms with Gasteiger partial charge in [0.1, 0.15) is 0 Å². The van der Waals surface area contributed by atoms with Crippen molar-refractivity contribution in [2.24, 2.45) is 5.92 Å². The van der Waals surface area contributed by atoms with E-state index in [1.54, 1.807) is 11.3 Å². The first-order valence-electron chi connectivity index (χ1n) is 6.70. The number of H-pyrrole nitrogens is 1. The van der Waals surface area contributed by atoms with Gasteiger partial charge < -0.3 is 10.3 Å². The predicted octanol–water partition coefficient (Wildman–Crippen LogP) is 3.07. The summed E-state index contributed by atoms with van der Waals surface area (Å²) in [6.45, 7) is 2.38. The minimum absolute atomic E-state index is 0.894. The summed E-state index contributed by atoms with van der Waals surface area (Å²) in [5, 5.41) is 6.87. The zero-order chi connectivity index (χ0) is 12.2. The monoisotopic (exact) mass is 261 g/mol. The van der Waals surface area contributed by atoms with Gasteiger partial charge in [0.2, 0.25) is 0 Å². The smallest absolute Gasteiger partial charge is 0.0932 e. The Bertz CT molecular complexity index is 469. The second kappa shape index (κ2) is 5.67. The Hall–Kier alpha value is -1.13. The van der Waals surface area contributed by atoms with Crippen LogP contribution in [0.2, 0.25) is 0 Å². The van der Waals surface area contributed by atoms with E-state index >= 15 is 0 Å². The second-order valence-electron chi connectivity index (χ2n) is 4.96. The number of aromatic nitrogens is 2. The Morgan fingerprint density at radius 3 is 3.00 bits per heavy atom. The molecular formula is C14H19N3S. The number of nitrogens with zero attached hydrogens (tertiary/aromatic N) is 1. The van der Waals surface area contributed by atoms with Crippen molar-refractivity contribution < 1.29 is 0 Å². The molecule has 96 valence electrons. The van der Waals surface area contributed by atoms with Gasteiger partial charge >= 0.3 is 0 Å². The third-order valence-electron chi connectivity index (χ3n) is 3.67. The van der Waals surface area contributed by atoms with Crippen LogP contribution in [0.3, 0.4) is 0 Å². The highest BCUT2D eigenvalue weighted by atomic mass is 32.1. The molecule has 0 aliphatic carbocycles. The zero-order valence-electron chi connectivity index (χ0n) is 10.5. The second-order valence-corrected chi connectivity index (χ2v) is 5.90. The Morgan fingerprint density at radius 2 is 2.22 bits per heavy atom. The molecule has 18 heavy (non-hydrogen) atoms. The number of hydrogen-bond donors (Lipinski definition) is 2. The molecule has 1 aliphatic rings. The van der Waals surface area contributed by atoms with E-state index in [1.807, 2.05) is 12.4 Å². The van der Waals surface area contributed by atoms with Crippen molar-refractivity contribution in [3.8, 4) is 11.3 Å². The fourth-order valence-corrected chi connectivity index (χ4v) is 3.36. The molecule has 3 heterocycles. The lowest BCUT2D eigenvalue weighted by Gasteiger charge is -2.21. The van der Waals surface area contributed by atoms with Crippen LogP contribution in [0.4, 0.5) is 0 Å². The van der Waals surface area contributed by atoms with Gasteiger partial charge in [0.05, 0.1) is 10.7 Å². The van der Waals surface area contributed by atoms with Gasteiger partial charge in [-0.1, -0.05) is 0 Å². The van der Waals surface area contributed by atoms with Crippen LogP contribution >= 0.6 is 11.3 Å². The molecule has 0 atom stereocenters. The minimum Gasteiger partial charge on any atom is -0.367 e. The lowest BCUT2D eigenvalue weighted by atomic mass is 9.93. The summed E-state index contributed by atoms with van der Waals surface area (Å²) in [6.07, 6.45) is 9.04. The fraction of sp³-hybridized carbons (Fsp3) is 0.500. The average Bonchev–Trinajstić information content (AvgIpc) is 3.08. The summed E-state index contributed by atoms with van der Waals surface area (Å²) in [7, 11) is 0. The molecule has 0 radical (unpaired) electrons. The molecule has 0 bridgehead atoms. The molecule has 1 fully saturated rings. The van der Waals surface area contributed by atoms with Crippen molar-refractivity contribution in [3.05, 3.63) is 28.8 Å². The van der Waals surface area contributed by atoms with Crippen LogP contribution in [0.25, 0.3) is 11.3 Å². The number of aryl methyl sites for hydroxylation is 1. The topological polar surface area (TPSA) is 40.7 Å². The summed E-state index contributed by atoms with van der Waals surface area (Å²) in [5.41, 5.74) is 2.31. The Balaban J connectivity index is 1.57. The standard InChI is InChI=1S/C14H19N3S/c1(11-3-6-15-7-4-11)2-14-17-13(10-18-14)12-5-8-16-9-12/h5,8-11,15-16H,1-4,6-7H2. The normalized spacial score (nSPS) is 17.1. The molecule has 1 aliphatic heterocycles. The maximum Gasteiger partial charge on any atom is 0.0932 e. The van der Waals surface area contributed by atoms with E-state index in [0.717, 1.165) is 18.0 Å². The predicted molar refractivity (Wildman–Crippen MR) is 75.8 cm³/mol. The van der Waals surface area contributed by atoms with Gasteiger partial charge in [-0.3, -0.25) is 0 Å². The van der Waals surface area contributed by atoms with E-state index in [9.17, 15) is 0 Å². The molecule has 0 spiro atoms. The van der Waals surface area contributed by atoms with Crippen LogP contribution < -0.4 is 5.32 Å². The summed E-state index contributed by atoms with van der Waals surface area (Å²) in [5.74, 6) is 0.894. The highest BCUT2D eigenvalue weighted by molar-refractivity contribution is 7.09. The molecule has 0 saturated carbocycles. The van der Waals surface area contributed by atoms with Gasteiger partial charge in [-0.05, 0) is 50.8 Å². The molecule has 0 unspecified atom stereocenters. The van der Waals surface area contributed by atoms with Crippen LogP contribution in [0.1, 0.15) is 24.3 Å². The molecule has 0 amide bonds. The van der Waals surface area contributed by atoms with Crippen molar-refractivity contribution in [1.29, 1.82) is 0 Å². The van der Waals surface area contributed by atoms with Gasteiger partial charge in [0.25, 0.3) is 0 Å². The first-order valence-corrected chi connectivity index (χ1v) is 7.58. The Labute approximate surface area is 112 Å². The Morgan fingerprint density at radius 1 is 1.33 bits per heavy atom. The lowest BCUT2D eigenvalue weighted by Crippen LogP contribution is -2.27. The zero-order valence-corrected chi connectivity index (χ0v) is 11.3. The highest BCUT2D eigenvalue weighted by Crippen LogP contribution is 2.24. The summed E-state index contributed by atoms with van der Waals surface area (Å²) >= 11 is 1.80. The van der Waals surface area contributed by atoms with E-state index < -0.39 is 0 Å². The molecule has 2 N–H and O–H groups in total. The summed E-state index contributed by atoms with van der Waals surface area (Å²) < 4.78 is 0. The van der Waals surface area contributed by atoms with Gasteiger partial charge in [0, 0.05) is 23.3 Å². The maximum atomic E-state index is 4.72. The number of nitrogens with one attached hydrogen (secondary N) is 2. The van der Waals surface area contributed by atoms with Crippen LogP contribution in [0, 0.1) is 5.92 Å². The first kappa shape index (κ1) is 11.9. The van der Waals surface area contributed by atoms with Crippen molar-refractivity contribution in [2.45, 2.75) is 25.7 Å². The summed E-state index contributed by atoms with van der Waals surface area (Å²) in [6, 6.07) is 2.08. The van der Waals surface area contributed by atoms with E-state index in [1.165, 1.54) is 42.9 Å². The van der Waals surface area contributed by atoms with Gasteiger partial charge in [-0.15, -0.1) is 11.3 Å². The third-order valence-corrected chi connectivity index (χ3v) is 4.58. The molecule has 0 aromatic carbocycles. The molecule has 1 saturated heterocycles. The van der Waals surface area contributed by atoms with Crippen LogP contribution in [0.5, 0.6) is 0 Å². The number of aromatic amines is 1. The van der Waals surface area contributed by atoms with Crippen LogP contribution in [-0.4, -0.2) is 23.1 Å². The SMILES string of the molecule is c1cc(-c2csc(CCC3CCNCC3)n2)c[nH]1. The first-order chi connectivity index (χ1) is 8.92. The van der Waals surface area contributed by atoms with Gasteiger partial charge in [-0.25, -0.2) is 4.98 Å². The minimum atomic E-state index is 0.894. The van der Waals surface area contributed by atoms with E-state index in [-0.39, 0.29) is 0 Å². The number of hydrogen-bond acceptors (Lipinski definition) is 3. The number of piperidine rings is 1. The van der Waals surface area contributed by atoms with Gasteiger partial charge in [-0.2, -0.15) is 0 Å². The number of rotatable bonds is 4. The molecular weight excluding hydrogens is 242 g/mol. The van der Waals surface area contributed by atoms with Gasteiger partial charge in [0.15, 0.2) is 0 Å². The van der Waals surface area contributed by atoms with Crippen LogP contribution in [0.15, 0.2) is 23.8 Å². The van der Waals surface area contributed by atoms with E-state index in [2.05, 4.69) is 21.7 Å². The summed E-state index contributed by atoms with van der Waals surface area (Å²) in [4.78, 5) is 7.80. The quantitative estimate of drug-likeness (QED) is 0.888. The fourth-order valence-electron chi connectivity index (χ4n) is 2.54. The van der Waals surface area contributed by atoms with Crippen molar-refractivity contribution in [1.82, 2.24) is 15.3 Å². The molecule has 2 aromatic rings. The largest absolute Gasteiger partial charge is 0.367 e. The molecule has 3 nitrogen and oxygen atoms in total. The third kappa shape index (κ3) is 2.82. The van der Waals surface area contributed by atoms with Crippen LogP contribution in [-0.2, 0) is 6.42 Å². The van der Waals surface area contributed by atoms with Crippen molar-refractivity contribution in [3.63, 3.8) is 0 Å². The van der Waals surface area contributed by atoms with E-state index in [0.29, 0.717) is 0 Å². The molecule has 4 heteroatoms. The molecule has 2 aromatic heterocycles. The van der Waals surface area contributed by atoms with Crippen molar-refractivity contribution >= 4 is 11.3 Å². The molecule has 3 rings (SSSR count). The average molecular weight is 261 g/mol. The number of thiazole rings is 1. The van der Waals surface area contributed by atoms with Crippen molar-refractivity contribution in [2.75, 3.05) is 13.1 Å².